The van der Waals surface area contributed by atoms with E-state index in [4.69, 9.17) is 14.9 Å². The van der Waals surface area contributed by atoms with E-state index >= 15 is 0 Å². The number of nitrogens with zero attached hydrogens (tertiary/aromatic N) is 2. The largest absolute Gasteiger partial charge is 0.394 e. The molecule has 0 saturated carbocycles. The number of hydrogen-bond acceptors (Lipinski definition) is 4. The lowest BCUT2D eigenvalue weighted by atomic mass is 10.2. The molecule has 5 heteroatoms. The summed E-state index contributed by atoms with van der Waals surface area (Å²) in [5, 5.41) is 21.9. The van der Waals surface area contributed by atoms with Crippen LogP contribution in [0.5, 0.6) is 0 Å². The second-order valence-electron chi connectivity index (χ2n) is 3.37. The molecule has 0 fully saturated rings. The Kier molecular flexibility index (Phi) is 4.74. The molecule has 0 saturated heterocycles. The van der Waals surface area contributed by atoms with E-state index in [-0.39, 0.29) is 13.2 Å². The van der Waals surface area contributed by atoms with Crippen molar-refractivity contribution in [3.05, 3.63) is 17.0 Å². The molecule has 0 aliphatic rings. The highest BCUT2D eigenvalue weighted by Gasteiger charge is 2.09. The van der Waals surface area contributed by atoms with Crippen LogP contribution in [0.1, 0.15) is 17.0 Å². The fourth-order valence-electron chi connectivity index (χ4n) is 1.50. The summed E-state index contributed by atoms with van der Waals surface area (Å²) in [6, 6.07) is 0. The lowest BCUT2D eigenvalue weighted by molar-refractivity contribution is 0.0850. The van der Waals surface area contributed by atoms with Crippen LogP contribution in [0.25, 0.3) is 0 Å². The van der Waals surface area contributed by atoms with Gasteiger partial charge in [-0.3, -0.25) is 4.68 Å². The van der Waals surface area contributed by atoms with Crippen LogP contribution in [0.15, 0.2) is 0 Å². The molecule has 15 heavy (non-hydrogen) atoms. The third-order valence-electron chi connectivity index (χ3n) is 2.37. The topological polar surface area (TPSA) is 67.5 Å². The molecule has 0 bridgehead atoms. The third-order valence-corrected chi connectivity index (χ3v) is 2.37. The number of ether oxygens (including phenoxy) is 1. The summed E-state index contributed by atoms with van der Waals surface area (Å²) < 4.78 is 6.97. The van der Waals surface area contributed by atoms with Gasteiger partial charge < -0.3 is 14.9 Å². The SMILES string of the molecule is Cc1nn(CCOCCO)c(C)c1CO. The van der Waals surface area contributed by atoms with E-state index in [1.807, 2.05) is 18.5 Å². The Bertz CT molecular complexity index is 310. The van der Waals surface area contributed by atoms with Gasteiger partial charge in [0, 0.05) is 11.3 Å². The summed E-state index contributed by atoms with van der Waals surface area (Å²) in [6.45, 7) is 5.39. The quantitative estimate of drug-likeness (QED) is 0.654. The van der Waals surface area contributed by atoms with E-state index in [1.54, 1.807) is 0 Å². The maximum absolute atomic E-state index is 9.10. The van der Waals surface area contributed by atoms with Gasteiger partial charge in [0.05, 0.1) is 38.7 Å². The monoisotopic (exact) mass is 214 g/mol. The summed E-state index contributed by atoms with van der Waals surface area (Å²) in [6.07, 6.45) is 0. The summed E-state index contributed by atoms with van der Waals surface area (Å²) in [4.78, 5) is 0. The predicted molar refractivity (Wildman–Crippen MR) is 55.5 cm³/mol. The standard InChI is InChI=1S/C10H18N2O3/c1-8-10(7-14)9(2)12(11-8)3-5-15-6-4-13/h13-14H,3-7H2,1-2H3. The first-order chi connectivity index (χ1) is 7.20. The maximum atomic E-state index is 9.10. The van der Waals surface area contributed by atoms with Crippen molar-refractivity contribution in [2.24, 2.45) is 0 Å². The zero-order valence-corrected chi connectivity index (χ0v) is 9.23. The number of aliphatic hydroxyl groups excluding tert-OH is 2. The molecule has 0 aliphatic heterocycles. The zero-order valence-electron chi connectivity index (χ0n) is 9.23. The van der Waals surface area contributed by atoms with Gasteiger partial charge >= 0.3 is 0 Å². The fraction of sp³-hybridized carbons (Fsp3) is 0.700. The van der Waals surface area contributed by atoms with E-state index in [2.05, 4.69) is 5.10 Å². The smallest absolute Gasteiger partial charge is 0.0718 e. The maximum Gasteiger partial charge on any atom is 0.0718 e. The molecule has 1 heterocycles. The molecular formula is C10H18N2O3. The normalized spacial score (nSPS) is 10.9. The van der Waals surface area contributed by atoms with Crippen molar-refractivity contribution in [3.8, 4) is 0 Å². The van der Waals surface area contributed by atoms with Gasteiger partial charge in [0.2, 0.25) is 0 Å². The highest BCUT2D eigenvalue weighted by molar-refractivity contribution is 5.23. The second-order valence-corrected chi connectivity index (χ2v) is 3.37. The van der Waals surface area contributed by atoms with Crippen molar-refractivity contribution in [2.75, 3.05) is 19.8 Å². The highest BCUT2D eigenvalue weighted by Crippen LogP contribution is 2.12. The Balaban J connectivity index is 2.54. The highest BCUT2D eigenvalue weighted by atomic mass is 16.5. The molecule has 86 valence electrons. The van der Waals surface area contributed by atoms with Gasteiger partial charge in [0.1, 0.15) is 0 Å². The Morgan fingerprint density at radius 2 is 2.00 bits per heavy atom. The summed E-state index contributed by atoms with van der Waals surface area (Å²) in [5.74, 6) is 0. The molecule has 0 spiro atoms. The molecule has 0 aromatic carbocycles. The van der Waals surface area contributed by atoms with Crippen LogP contribution in [-0.4, -0.2) is 39.8 Å². The van der Waals surface area contributed by atoms with Crippen LogP contribution in [0.4, 0.5) is 0 Å². The van der Waals surface area contributed by atoms with Gasteiger partial charge in [0.25, 0.3) is 0 Å². The lowest BCUT2D eigenvalue weighted by Crippen LogP contribution is -2.11. The third kappa shape index (κ3) is 3.02. The van der Waals surface area contributed by atoms with Crippen LogP contribution < -0.4 is 0 Å². The average molecular weight is 214 g/mol. The number of aliphatic hydroxyl groups is 2. The molecule has 1 aromatic heterocycles. The number of aryl methyl sites for hydroxylation is 1. The van der Waals surface area contributed by atoms with Gasteiger partial charge in [-0.2, -0.15) is 5.10 Å². The van der Waals surface area contributed by atoms with Crippen molar-refractivity contribution in [1.29, 1.82) is 0 Å². The average Bonchev–Trinajstić information content (AvgIpc) is 2.49. The van der Waals surface area contributed by atoms with E-state index in [1.165, 1.54) is 0 Å². The molecule has 5 nitrogen and oxygen atoms in total. The summed E-state index contributed by atoms with van der Waals surface area (Å²) >= 11 is 0. The van der Waals surface area contributed by atoms with Crippen molar-refractivity contribution >= 4 is 0 Å². The van der Waals surface area contributed by atoms with Crippen molar-refractivity contribution in [2.45, 2.75) is 27.0 Å². The van der Waals surface area contributed by atoms with Gasteiger partial charge in [-0.25, -0.2) is 0 Å². The predicted octanol–water partition coefficient (Wildman–Crippen LogP) is 0.00114. The van der Waals surface area contributed by atoms with E-state index in [0.717, 1.165) is 17.0 Å². The first-order valence-electron chi connectivity index (χ1n) is 5.03. The van der Waals surface area contributed by atoms with Crippen LogP contribution in [0.2, 0.25) is 0 Å². The molecule has 1 rings (SSSR count). The molecule has 0 unspecified atom stereocenters. The van der Waals surface area contributed by atoms with Crippen molar-refractivity contribution in [1.82, 2.24) is 9.78 Å². The minimum absolute atomic E-state index is 0.0230. The lowest BCUT2D eigenvalue weighted by Gasteiger charge is -2.05. The van der Waals surface area contributed by atoms with Gasteiger partial charge in [-0.1, -0.05) is 0 Å². The Morgan fingerprint density at radius 3 is 2.53 bits per heavy atom. The Morgan fingerprint density at radius 1 is 1.27 bits per heavy atom. The molecule has 0 atom stereocenters. The number of rotatable bonds is 6. The molecule has 0 amide bonds. The van der Waals surface area contributed by atoms with E-state index in [0.29, 0.717) is 19.8 Å². The molecular weight excluding hydrogens is 196 g/mol. The minimum atomic E-state index is 0.0230. The molecule has 2 N–H and O–H groups in total. The van der Waals surface area contributed by atoms with Crippen LogP contribution >= 0.6 is 0 Å². The van der Waals surface area contributed by atoms with Crippen LogP contribution in [0.3, 0.4) is 0 Å². The van der Waals surface area contributed by atoms with E-state index < -0.39 is 0 Å². The van der Waals surface area contributed by atoms with Gasteiger partial charge in [-0.15, -0.1) is 0 Å². The van der Waals surface area contributed by atoms with E-state index in [9.17, 15) is 0 Å². The Hall–Kier alpha value is -0.910. The fourth-order valence-corrected chi connectivity index (χ4v) is 1.50. The van der Waals surface area contributed by atoms with Crippen molar-refractivity contribution < 1.29 is 14.9 Å². The van der Waals surface area contributed by atoms with Gasteiger partial charge in [-0.05, 0) is 13.8 Å². The first kappa shape index (κ1) is 12.2. The zero-order chi connectivity index (χ0) is 11.3. The molecule has 1 aromatic rings. The number of aromatic nitrogens is 2. The molecule has 0 aliphatic carbocycles. The number of hydrogen-bond donors (Lipinski definition) is 2. The minimum Gasteiger partial charge on any atom is -0.394 e. The molecule has 0 radical (unpaired) electrons. The van der Waals surface area contributed by atoms with Crippen molar-refractivity contribution in [3.63, 3.8) is 0 Å². The van der Waals surface area contributed by atoms with Gasteiger partial charge in [0.15, 0.2) is 0 Å². The summed E-state index contributed by atoms with van der Waals surface area (Å²) in [7, 11) is 0. The van der Waals surface area contributed by atoms with Crippen LogP contribution in [0, 0.1) is 13.8 Å². The summed E-state index contributed by atoms with van der Waals surface area (Å²) in [5.41, 5.74) is 2.72. The first-order valence-corrected chi connectivity index (χ1v) is 5.03. The van der Waals surface area contributed by atoms with Crippen LogP contribution in [-0.2, 0) is 17.9 Å². The second kappa shape index (κ2) is 5.85. The Labute approximate surface area is 89.3 Å².